The third kappa shape index (κ3) is 6.49. The van der Waals surface area contributed by atoms with E-state index in [2.05, 4.69) is 20.2 Å². The average molecular weight is 509 g/mol. The number of nitrogens with zero attached hydrogens (tertiary/aromatic N) is 5. The van der Waals surface area contributed by atoms with Gasteiger partial charge in [-0.15, -0.1) is 0 Å². The Hall–Kier alpha value is -1.82. The zero-order chi connectivity index (χ0) is 25.0. The Kier molecular flexibility index (Phi) is 8.62. The molecule has 3 fully saturated rings. The second-order valence-electron chi connectivity index (χ2n) is 10.2. The number of rotatable bonds is 7. The minimum absolute atomic E-state index is 0.0270. The third-order valence-electron chi connectivity index (χ3n) is 7.90. The lowest BCUT2D eigenvalue weighted by Gasteiger charge is -2.43. The lowest BCUT2D eigenvalue weighted by atomic mass is 9.97. The van der Waals surface area contributed by atoms with Crippen LogP contribution in [-0.2, 0) is 14.8 Å². The minimum Gasteiger partial charge on any atom is -0.381 e. The molecule has 1 atom stereocenters. The molecule has 196 valence electrons. The Bertz CT molecular complexity index is 968. The maximum Gasteiger partial charge on any atom is 0.272 e. The zero-order valence-electron chi connectivity index (χ0n) is 21.3. The molecule has 1 unspecified atom stereocenters. The van der Waals surface area contributed by atoms with Gasteiger partial charge in [-0.05, 0) is 64.5 Å². The largest absolute Gasteiger partial charge is 0.381 e. The normalized spacial score (nSPS) is 23.5. The van der Waals surface area contributed by atoms with Gasteiger partial charge in [0, 0.05) is 50.9 Å². The summed E-state index contributed by atoms with van der Waals surface area (Å²) < 4.78 is 30.8. The summed E-state index contributed by atoms with van der Waals surface area (Å²) in [4.78, 5) is 26.4. The van der Waals surface area contributed by atoms with Gasteiger partial charge in [-0.2, -0.15) is 0 Å². The summed E-state index contributed by atoms with van der Waals surface area (Å²) in [5, 5.41) is 3.40. The average Bonchev–Trinajstić information content (AvgIpc) is 2.87. The lowest BCUT2D eigenvalue weighted by molar-refractivity contribution is 0.0542. The number of amides is 1. The molecule has 1 N–H and O–H groups in total. The molecule has 3 saturated heterocycles. The number of anilines is 1. The van der Waals surface area contributed by atoms with Crippen molar-refractivity contribution in [3.8, 4) is 0 Å². The molecule has 0 saturated carbocycles. The molecule has 0 spiro atoms. The Morgan fingerprint density at radius 2 is 1.86 bits per heavy atom. The maximum atomic E-state index is 13.3. The van der Waals surface area contributed by atoms with Gasteiger partial charge >= 0.3 is 0 Å². The fourth-order valence-corrected chi connectivity index (χ4v) is 6.28. The molecule has 0 radical (unpaired) electrons. The summed E-state index contributed by atoms with van der Waals surface area (Å²) in [6, 6.07) is 0.516. The summed E-state index contributed by atoms with van der Waals surface area (Å²) in [6.07, 6.45) is 8.54. The summed E-state index contributed by atoms with van der Waals surface area (Å²) in [5.74, 6) is 1.17. The monoisotopic (exact) mass is 508 g/mol. The smallest absolute Gasteiger partial charge is 0.272 e. The topological polar surface area (TPSA) is 108 Å². The number of carbonyl (C=O) groups excluding carboxylic acids is 1. The van der Waals surface area contributed by atoms with Crippen LogP contribution in [0.15, 0.2) is 6.33 Å². The van der Waals surface area contributed by atoms with Crippen LogP contribution in [0.25, 0.3) is 0 Å². The molecular weight excluding hydrogens is 468 g/mol. The van der Waals surface area contributed by atoms with Crippen molar-refractivity contribution >= 4 is 21.7 Å². The van der Waals surface area contributed by atoms with Crippen LogP contribution in [0.2, 0.25) is 0 Å². The number of piperidine rings is 2. The van der Waals surface area contributed by atoms with E-state index in [1.165, 1.54) is 16.9 Å². The van der Waals surface area contributed by atoms with E-state index in [9.17, 15) is 13.2 Å². The van der Waals surface area contributed by atoms with E-state index in [1.54, 1.807) is 7.05 Å². The fourth-order valence-electron chi connectivity index (χ4n) is 5.52. The van der Waals surface area contributed by atoms with Crippen molar-refractivity contribution in [2.75, 3.05) is 64.6 Å². The first-order valence-corrected chi connectivity index (χ1v) is 14.7. The number of sulfonamides is 1. The molecule has 3 aliphatic rings. The van der Waals surface area contributed by atoms with Crippen molar-refractivity contribution in [1.29, 1.82) is 0 Å². The summed E-state index contributed by atoms with van der Waals surface area (Å²) >= 11 is 0. The molecule has 0 aliphatic carbocycles. The van der Waals surface area contributed by atoms with E-state index in [4.69, 9.17) is 4.74 Å². The molecule has 3 aliphatic heterocycles. The Labute approximate surface area is 209 Å². The fraction of sp³-hybridized carbons (Fsp3) is 0.792. The molecule has 0 aromatic carbocycles. The summed E-state index contributed by atoms with van der Waals surface area (Å²) in [7, 11) is -1.47. The van der Waals surface area contributed by atoms with Gasteiger partial charge in [-0.25, -0.2) is 22.7 Å². The first kappa shape index (κ1) is 26.2. The highest BCUT2D eigenvalue weighted by Gasteiger charge is 2.33. The van der Waals surface area contributed by atoms with Gasteiger partial charge in [-0.3, -0.25) is 4.79 Å². The second-order valence-corrected chi connectivity index (χ2v) is 12.3. The summed E-state index contributed by atoms with van der Waals surface area (Å²) in [6.45, 7) is 7.52. The minimum atomic E-state index is -3.15. The number of hydrogen-bond donors (Lipinski definition) is 1. The van der Waals surface area contributed by atoms with Crippen molar-refractivity contribution in [2.45, 2.75) is 57.5 Å². The van der Waals surface area contributed by atoms with Crippen molar-refractivity contribution in [3.63, 3.8) is 0 Å². The number of nitrogens with one attached hydrogen (secondary N) is 1. The van der Waals surface area contributed by atoms with E-state index in [-0.39, 0.29) is 11.9 Å². The van der Waals surface area contributed by atoms with Crippen LogP contribution in [-0.4, -0.2) is 110 Å². The van der Waals surface area contributed by atoms with Gasteiger partial charge < -0.3 is 19.9 Å². The zero-order valence-corrected chi connectivity index (χ0v) is 22.1. The van der Waals surface area contributed by atoms with Crippen LogP contribution >= 0.6 is 0 Å². The molecule has 1 amide bonds. The molecule has 4 rings (SSSR count). The number of hydrogen-bond acceptors (Lipinski definition) is 8. The second kappa shape index (κ2) is 11.5. The van der Waals surface area contributed by atoms with E-state index >= 15 is 0 Å². The van der Waals surface area contributed by atoms with Gasteiger partial charge in [0.05, 0.1) is 12.9 Å². The van der Waals surface area contributed by atoms with Crippen LogP contribution in [0.3, 0.4) is 0 Å². The van der Waals surface area contributed by atoms with Crippen LogP contribution in [0.1, 0.15) is 54.6 Å². The van der Waals surface area contributed by atoms with Crippen molar-refractivity contribution in [1.82, 2.24) is 24.1 Å². The Morgan fingerprint density at radius 3 is 2.49 bits per heavy atom. The first-order valence-electron chi connectivity index (χ1n) is 12.8. The van der Waals surface area contributed by atoms with Gasteiger partial charge in [0.15, 0.2) is 0 Å². The first-order chi connectivity index (χ1) is 16.7. The highest BCUT2D eigenvalue weighted by Crippen LogP contribution is 2.25. The Morgan fingerprint density at radius 1 is 1.14 bits per heavy atom. The number of carbonyl (C=O) groups is 1. The van der Waals surface area contributed by atoms with Gasteiger partial charge in [-0.1, -0.05) is 0 Å². The van der Waals surface area contributed by atoms with Gasteiger partial charge in [0.25, 0.3) is 5.91 Å². The molecule has 1 aromatic heterocycles. The Balaban J connectivity index is 1.28. The predicted molar refractivity (Wildman–Crippen MR) is 135 cm³/mol. The van der Waals surface area contributed by atoms with Crippen molar-refractivity contribution in [3.05, 3.63) is 17.6 Å². The van der Waals surface area contributed by atoms with Crippen molar-refractivity contribution in [2.24, 2.45) is 5.92 Å². The van der Waals surface area contributed by atoms with Crippen molar-refractivity contribution < 1.29 is 17.9 Å². The van der Waals surface area contributed by atoms with Crippen LogP contribution in [0.4, 0.5) is 5.82 Å². The number of ether oxygens (including phenoxy) is 1. The molecule has 11 heteroatoms. The highest BCUT2D eigenvalue weighted by molar-refractivity contribution is 7.88. The number of likely N-dealkylation sites (tertiary alicyclic amines) is 2. The number of aromatic nitrogens is 2. The van der Waals surface area contributed by atoms with Crippen LogP contribution in [0, 0.1) is 12.8 Å². The molecule has 1 aromatic rings. The molecule has 0 bridgehead atoms. The highest BCUT2D eigenvalue weighted by atomic mass is 32.2. The summed E-state index contributed by atoms with van der Waals surface area (Å²) in [5.41, 5.74) is 1.28. The maximum absolute atomic E-state index is 13.3. The lowest BCUT2D eigenvalue weighted by Crippen LogP contribution is -2.52. The standard InChI is InChI=1S/C24H40N6O4S/c1-18-22(26-17-27-23(18)25-15-19-5-4-14-34-16-19)24(31)30-12-8-21(9-13-30)29-10-6-20(7-11-29)28(2)35(3,32)33/h17,19-21H,4-16H2,1-3H3,(H,25,26,27). The van der Waals surface area contributed by atoms with E-state index in [0.29, 0.717) is 30.7 Å². The molecule has 35 heavy (non-hydrogen) atoms. The SMILES string of the molecule is Cc1c(NCC2CCCOC2)ncnc1C(=O)N1CCC(N2CCC(N(C)S(C)(=O)=O)CC2)CC1. The third-order valence-corrected chi connectivity index (χ3v) is 9.25. The van der Waals surface area contributed by atoms with Crippen LogP contribution < -0.4 is 5.32 Å². The van der Waals surface area contributed by atoms with E-state index in [1.807, 2.05) is 11.8 Å². The molecule has 10 nitrogen and oxygen atoms in total. The van der Waals surface area contributed by atoms with E-state index in [0.717, 1.165) is 82.8 Å². The predicted octanol–water partition coefficient (Wildman–Crippen LogP) is 1.58. The molecule has 4 heterocycles. The molecular formula is C24H40N6O4S. The van der Waals surface area contributed by atoms with Crippen LogP contribution in [0.5, 0.6) is 0 Å². The van der Waals surface area contributed by atoms with Gasteiger partial charge in [0.2, 0.25) is 10.0 Å². The quantitative estimate of drug-likeness (QED) is 0.592. The van der Waals surface area contributed by atoms with E-state index < -0.39 is 10.0 Å². The van der Waals surface area contributed by atoms with Gasteiger partial charge in [0.1, 0.15) is 17.8 Å².